The second-order valence-corrected chi connectivity index (χ2v) is 4.60. The van der Waals surface area contributed by atoms with Gasteiger partial charge in [0.15, 0.2) is 10.1 Å². The van der Waals surface area contributed by atoms with Crippen LogP contribution in [-0.4, -0.2) is 37.0 Å². The van der Waals surface area contributed by atoms with Gasteiger partial charge in [-0.1, -0.05) is 0 Å². The van der Waals surface area contributed by atoms with E-state index in [-0.39, 0.29) is 51.4 Å². The Morgan fingerprint density at radius 2 is 0.941 bits per heavy atom. The van der Waals surface area contributed by atoms with E-state index in [1.807, 2.05) is 0 Å². The van der Waals surface area contributed by atoms with Crippen LogP contribution in [0.5, 0.6) is 0 Å². The molecule has 0 aromatic carbocycles. The third-order valence-corrected chi connectivity index (χ3v) is 1.73. The van der Waals surface area contributed by atoms with E-state index in [4.69, 9.17) is 25.9 Å². The summed E-state index contributed by atoms with van der Waals surface area (Å²) in [5.74, 6) is 0. The molecular formula is C2HF6KO6S2. The van der Waals surface area contributed by atoms with Crippen LogP contribution in [0.1, 0.15) is 0 Å². The van der Waals surface area contributed by atoms with Gasteiger partial charge in [-0.2, -0.15) is 34.8 Å². The Morgan fingerprint density at radius 1 is 0.824 bits per heavy atom. The van der Waals surface area contributed by atoms with Gasteiger partial charge in [0.2, 0.25) is 0 Å². The summed E-state index contributed by atoms with van der Waals surface area (Å²) in [4.78, 5) is 0. The largest absolute Gasteiger partial charge is 1.00 e. The van der Waals surface area contributed by atoms with Gasteiger partial charge in [0.05, 0.1) is 0 Å². The fourth-order valence-electron chi connectivity index (χ4n) is 0. The zero-order valence-corrected chi connectivity index (χ0v) is 12.3. The molecule has 0 amide bonds. The first kappa shape index (κ1) is 23.2. The summed E-state index contributed by atoms with van der Waals surface area (Å²) in [5, 5.41) is 0. The van der Waals surface area contributed by atoms with Gasteiger partial charge in [-0.15, -0.1) is 0 Å². The molecule has 15 heteroatoms. The van der Waals surface area contributed by atoms with Gasteiger partial charge in [0.1, 0.15) is 0 Å². The third kappa shape index (κ3) is 10.6. The summed E-state index contributed by atoms with van der Waals surface area (Å²) < 4.78 is 116. The van der Waals surface area contributed by atoms with E-state index in [1.165, 1.54) is 0 Å². The first-order valence-corrected chi connectivity index (χ1v) is 5.41. The van der Waals surface area contributed by atoms with E-state index in [2.05, 4.69) is 0 Å². The standard InChI is InChI=1S/2CHF3O3S.K/c2*2-1(3,4)8(5,6)7;/h2*(H,5,6,7);/q;;+1/p-1. The van der Waals surface area contributed by atoms with Gasteiger partial charge in [-0.25, -0.2) is 8.42 Å². The molecule has 100 valence electrons. The molecule has 0 aliphatic rings. The molecule has 0 aliphatic heterocycles. The maximum atomic E-state index is 10.7. The van der Waals surface area contributed by atoms with Crippen LogP contribution >= 0.6 is 0 Å². The fourth-order valence-corrected chi connectivity index (χ4v) is 0. The molecule has 0 saturated heterocycles. The summed E-state index contributed by atoms with van der Waals surface area (Å²) in [6, 6.07) is 0. The van der Waals surface area contributed by atoms with E-state index < -0.39 is 31.3 Å². The Labute approximate surface area is 133 Å². The molecule has 0 saturated carbocycles. The molecule has 17 heavy (non-hydrogen) atoms. The minimum absolute atomic E-state index is 0. The Hall–Kier alpha value is 1.04. The Morgan fingerprint density at radius 3 is 0.941 bits per heavy atom. The normalized spacial score (nSPS) is 13.2. The number of halogens is 6. The summed E-state index contributed by atoms with van der Waals surface area (Å²) >= 11 is 0. The monoisotopic (exact) mass is 338 g/mol. The van der Waals surface area contributed by atoms with Crippen molar-refractivity contribution in [3.8, 4) is 0 Å². The molecule has 0 rings (SSSR count). The maximum Gasteiger partial charge on any atom is 1.00 e. The van der Waals surface area contributed by atoms with Crippen molar-refractivity contribution in [3.63, 3.8) is 0 Å². The molecule has 0 aromatic rings. The summed E-state index contributed by atoms with van der Waals surface area (Å²) in [6.45, 7) is 0. The summed E-state index contributed by atoms with van der Waals surface area (Å²) in [6.07, 6.45) is 0. The van der Waals surface area contributed by atoms with E-state index in [1.54, 1.807) is 0 Å². The second-order valence-electron chi connectivity index (χ2n) is 1.82. The molecule has 0 radical (unpaired) electrons. The number of hydrogen-bond donors (Lipinski definition) is 1. The summed E-state index contributed by atoms with van der Waals surface area (Å²) in [5.41, 5.74) is -11.2. The molecule has 1 N–H and O–H groups in total. The van der Waals surface area contributed by atoms with Crippen LogP contribution in [0.15, 0.2) is 0 Å². The molecule has 0 atom stereocenters. The van der Waals surface area contributed by atoms with Gasteiger partial charge in [0.25, 0.3) is 0 Å². The van der Waals surface area contributed by atoms with E-state index in [0.29, 0.717) is 0 Å². The van der Waals surface area contributed by atoms with Crippen LogP contribution in [0, 0.1) is 0 Å². The topological polar surface area (TPSA) is 112 Å². The van der Waals surface area contributed by atoms with Crippen molar-refractivity contribution in [2.45, 2.75) is 11.0 Å². The minimum Gasteiger partial charge on any atom is -0.741 e. The van der Waals surface area contributed by atoms with E-state index in [9.17, 15) is 26.3 Å². The fraction of sp³-hybridized carbons (Fsp3) is 1.00. The zero-order chi connectivity index (χ0) is 14.0. The van der Waals surface area contributed by atoms with Gasteiger partial charge in [0, 0.05) is 0 Å². The van der Waals surface area contributed by atoms with Crippen LogP contribution in [0.4, 0.5) is 26.3 Å². The molecule has 0 aliphatic carbocycles. The SMILES string of the molecule is O=S(=O)(O)C(F)(F)F.O=S(=O)([O-])C(F)(F)F.[K+]. The molecule has 0 spiro atoms. The van der Waals surface area contributed by atoms with Crippen molar-refractivity contribution < 1.29 is 104 Å². The predicted molar refractivity (Wildman–Crippen MR) is 33.4 cm³/mol. The van der Waals surface area contributed by atoms with Crippen molar-refractivity contribution in [2.24, 2.45) is 0 Å². The third-order valence-electron chi connectivity index (χ3n) is 0.576. The van der Waals surface area contributed by atoms with Crippen molar-refractivity contribution in [1.29, 1.82) is 0 Å². The quantitative estimate of drug-likeness (QED) is 0.225. The summed E-state index contributed by atoms with van der Waals surface area (Å²) in [7, 11) is -11.9. The maximum absolute atomic E-state index is 10.7. The molecule has 0 fully saturated rings. The van der Waals surface area contributed by atoms with Crippen molar-refractivity contribution >= 4 is 20.2 Å². The minimum atomic E-state index is -6.09. The molecule has 0 aromatic heterocycles. The van der Waals surface area contributed by atoms with Crippen molar-refractivity contribution in [1.82, 2.24) is 0 Å². The molecule has 0 unspecified atom stereocenters. The van der Waals surface area contributed by atoms with Gasteiger partial charge < -0.3 is 4.55 Å². The molecule has 0 bridgehead atoms. The predicted octanol–water partition coefficient (Wildman–Crippen LogP) is -2.55. The van der Waals surface area contributed by atoms with Gasteiger partial charge in [-0.05, 0) is 0 Å². The van der Waals surface area contributed by atoms with Gasteiger partial charge in [-0.3, -0.25) is 4.55 Å². The Kier molecular flexibility index (Phi) is 9.52. The zero-order valence-electron chi connectivity index (χ0n) is 7.57. The van der Waals surface area contributed by atoms with E-state index in [0.717, 1.165) is 0 Å². The van der Waals surface area contributed by atoms with Crippen LogP contribution in [-0.2, 0) is 20.2 Å². The molecule has 0 heterocycles. The molecule has 6 nitrogen and oxygen atoms in total. The van der Waals surface area contributed by atoms with Gasteiger partial charge >= 0.3 is 72.5 Å². The number of rotatable bonds is 0. The number of hydrogen-bond acceptors (Lipinski definition) is 5. The second kappa shape index (κ2) is 6.99. The Balaban J connectivity index is -0.000000218. The smallest absolute Gasteiger partial charge is 0.741 e. The first-order chi connectivity index (χ1) is 6.50. The number of alkyl halides is 6. The average molecular weight is 338 g/mol. The van der Waals surface area contributed by atoms with Crippen molar-refractivity contribution in [2.75, 3.05) is 0 Å². The average Bonchev–Trinajstić information content (AvgIpc) is 1.77. The van der Waals surface area contributed by atoms with Crippen LogP contribution < -0.4 is 51.4 Å². The molecular weight excluding hydrogens is 337 g/mol. The first-order valence-electron chi connectivity index (χ1n) is 2.56. The van der Waals surface area contributed by atoms with E-state index >= 15 is 0 Å². The van der Waals surface area contributed by atoms with Crippen LogP contribution in [0.2, 0.25) is 0 Å². The Bertz CT molecular complexity index is 374. The van der Waals surface area contributed by atoms with Crippen LogP contribution in [0.3, 0.4) is 0 Å². The van der Waals surface area contributed by atoms with Crippen molar-refractivity contribution in [3.05, 3.63) is 0 Å². The van der Waals surface area contributed by atoms with Crippen LogP contribution in [0.25, 0.3) is 0 Å².